The number of hydrogen-bond donors (Lipinski definition) is 1. The fourth-order valence-corrected chi connectivity index (χ4v) is 2.52. The van der Waals surface area contributed by atoms with Gasteiger partial charge in [-0.3, -0.25) is 4.79 Å². The molecule has 0 fully saturated rings. The van der Waals surface area contributed by atoms with Crippen LogP contribution in [0.4, 0.5) is 24.7 Å². The standard InChI is InChI=1S/C17H17ClF3N3O/c1-3-24(4-2)16(25)11-7-8-22-15(9-11)23-12-5-6-14(18)13(10-12)17(19,20)21/h5-10H,3-4H2,1-2H3,(H,22,23). The molecule has 1 aromatic carbocycles. The number of hydrogen-bond acceptors (Lipinski definition) is 3. The lowest BCUT2D eigenvalue weighted by molar-refractivity contribution is -0.137. The van der Waals surface area contributed by atoms with Crippen molar-refractivity contribution in [3.63, 3.8) is 0 Å². The van der Waals surface area contributed by atoms with E-state index in [2.05, 4.69) is 10.3 Å². The molecule has 0 spiro atoms. The highest BCUT2D eigenvalue weighted by Gasteiger charge is 2.33. The number of nitrogens with zero attached hydrogens (tertiary/aromatic N) is 2. The van der Waals surface area contributed by atoms with Gasteiger partial charge in [-0.2, -0.15) is 13.2 Å². The van der Waals surface area contributed by atoms with Crippen molar-refractivity contribution in [1.29, 1.82) is 0 Å². The van der Waals surface area contributed by atoms with E-state index in [1.54, 1.807) is 11.0 Å². The Bertz CT molecular complexity index is 761. The maximum absolute atomic E-state index is 12.9. The summed E-state index contributed by atoms with van der Waals surface area (Å²) in [6.07, 6.45) is -3.12. The van der Waals surface area contributed by atoms with E-state index >= 15 is 0 Å². The second-order valence-electron chi connectivity index (χ2n) is 5.22. The molecule has 25 heavy (non-hydrogen) atoms. The summed E-state index contributed by atoms with van der Waals surface area (Å²) in [5, 5.41) is 2.40. The first-order chi connectivity index (χ1) is 11.8. The van der Waals surface area contributed by atoms with Gasteiger partial charge in [-0.25, -0.2) is 4.98 Å². The number of aromatic nitrogens is 1. The van der Waals surface area contributed by atoms with Crippen LogP contribution in [-0.4, -0.2) is 28.9 Å². The van der Waals surface area contributed by atoms with Crippen molar-refractivity contribution in [1.82, 2.24) is 9.88 Å². The molecule has 1 amide bonds. The first-order valence-corrected chi connectivity index (χ1v) is 8.03. The Labute approximate surface area is 148 Å². The van der Waals surface area contributed by atoms with Crippen molar-refractivity contribution in [2.75, 3.05) is 18.4 Å². The number of rotatable bonds is 5. The van der Waals surface area contributed by atoms with Gasteiger partial charge in [-0.05, 0) is 44.2 Å². The predicted octanol–water partition coefficient (Wildman–Crippen LogP) is 4.98. The highest BCUT2D eigenvalue weighted by Crippen LogP contribution is 2.36. The third-order valence-corrected chi connectivity index (χ3v) is 3.93. The number of carbonyl (C=O) groups excluding carboxylic acids is 1. The van der Waals surface area contributed by atoms with Crippen molar-refractivity contribution in [3.05, 3.63) is 52.7 Å². The molecular weight excluding hydrogens is 355 g/mol. The van der Waals surface area contributed by atoms with Gasteiger partial charge in [-0.15, -0.1) is 0 Å². The monoisotopic (exact) mass is 371 g/mol. The van der Waals surface area contributed by atoms with Crippen LogP contribution in [0.3, 0.4) is 0 Å². The molecule has 1 aromatic heterocycles. The van der Waals surface area contributed by atoms with Gasteiger partial charge in [0.1, 0.15) is 5.82 Å². The quantitative estimate of drug-likeness (QED) is 0.806. The first kappa shape index (κ1) is 19.1. The zero-order valence-corrected chi connectivity index (χ0v) is 14.4. The average Bonchev–Trinajstić information content (AvgIpc) is 2.57. The van der Waals surface area contributed by atoms with Crippen molar-refractivity contribution in [3.8, 4) is 0 Å². The summed E-state index contributed by atoms with van der Waals surface area (Å²) in [7, 11) is 0. The van der Waals surface area contributed by atoms with Gasteiger partial charge in [0, 0.05) is 30.5 Å². The molecule has 1 heterocycles. The van der Waals surface area contributed by atoms with Crippen molar-refractivity contribution < 1.29 is 18.0 Å². The smallest absolute Gasteiger partial charge is 0.340 e. The molecule has 4 nitrogen and oxygen atoms in total. The van der Waals surface area contributed by atoms with Gasteiger partial charge in [0.25, 0.3) is 5.91 Å². The Morgan fingerprint density at radius 2 is 1.88 bits per heavy atom. The molecule has 0 saturated carbocycles. The number of amides is 1. The zero-order chi connectivity index (χ0) is 18.6. The summed E-state index contributed by atoms with van der Waals surface area (Å²) in [5.74, 6) is 0.107. The number of carbonyl (C=O) groups is 1. The normalized spacial score (nSPS) is 11.3. The Morgan fingerprint density at radius 1 is 1.20 bits per heavy atom. The number of benzene rings is 1. The zero-order valence-electron chi connectivity index (χ0n) is 13.7. The number of anilines is 2. The molecular formula is C17H17ClF3N3O. The number of nitrogens with one attached hydrogen (secondary N) is 1. The van der Waals surface area contributed by atoms with Crippen LogP contribution in [0.5, 0.6) is 0 Å². The lowest BCUT2D eigenvalue weighted by Crippen LogP contribution is -2.30. The van der Waals surface area contributed by atoms with Gasteiger partial charge >= 0.3 is 6.18 Å². The van der Waals surface area contributed by atoms with Crippen molar-refractivity contribution in [2.24, 2.45) is 0 Å². The minimum atomic E-state index is -4.55. The van der Waals surface area contributed by atoms with Crippen LogP contribution in [0, 0.1) is 0 Å². The Balaban J connectivity index is 2.27. The van der Waals surface area contributed by atoms with E-state index in [1.165, 1.54) is 18.3 Å². The van der Waals surface area contributed by atoms with Crippen LogP contribution in [0.2, 0.25) is 5.02 Å². The molecule has 0 aliphatic rings. The van der Waals surface area contributed by atoms with Crippen LogP contribution in [0.15, 0.2) is 36.5 Å². The van der Waals surface area contributed by atoms with E-state index in [9.17, 15) is 18.0 Å². The van der Waals surface area contributed by atoms with E-state index in [0.717, 1.165) is 12.1 Å². The lowest BCUT2D eigenvalue weighted by atomic mass is 10.2. The maximum Gasteiger partial charge on any atom is 0.417 e. The Hall–Kier alpha value is -2.28. The number of pyridine rings is 1. The average molecular weight is 372 g/mol. The molecule has 0 radical (unpaired) electrons. The topological polar surface area (TPSA) is 45.2 Å². The summed E-state index contributed by atoms with van der Waals surface area (Å²) < 4.78 is 38.8. The van der Waals surface area contributed by atoms with E-state index in [0.29, 0.717) is 18.7 Å². The minimum absolute atomic E-state index is 0.164. The van der Waals surface area contributed by atoms with Crippen LogP contribution in [0.1, 0.15) is 29.8 Å². The summed E-state index contributed by atoms with van der Waals surface area (Å²) >= 11 is 5.60. The van der Waals surface area contributed by atoms with Gasteiger partial charge < -0.3 is 10.2 Å². The second-order valence-corrected chi connectivity index (χ2v) is 5.63. The summed E-state index contributed by atoms with van der Waals surface area (Å²) in [6.45, 7) is 4.86. The third-order valence-electron chi connectivity index (χ3n) is 3.60. The molecule has 0 atom stereocenters. The number of halogens is 4. The second kappa shape index (κ2) is 7.74. The third kappa shape index (κ3) is 4.63. The Morgan fingerprint density at radius 3 is 2.48 bits per heavy atom. The fourth-order valence-electron chi connectivity index (χ4n) is 2.29. The predicted molar refractivity (Wildman–Crippen MR) is 91.2 cm³/mol. The molecule has 1 N–H and O–H groups in total. The maximum atomic E-state index is 12.9. The van der Waals surface area contributed by atoms with Crippen LogP contribution >= 0.6 is 11.6 Å². The van der Waals surface area contributed by atoms with Crippen LogP contribution in [0.25, 0.3) is 0 Å². The fraction of sp³-hybridized carbons (Fsp3) is 0.294. The largest absolute Gasteiger partial charge is 0.417 e. The van der Waals surface area contributed by atoms with Crippen molar-refractivity contribution in [2.45, 2.75) is 20.0 Å². The summed E-state index contributed by atoms with van der Waals surface area (Å²) in [4.78, 5) is 18.0. The van der Waals surface area contributed by atoms with E-state index in [-0.39, 0.29) is 22.4 Å². The minimum Gasteiger partial charge on any atom is -0.340 e. The first-order valence-electron chi connectivity index (χ1n) is 7.65. The van der Waals surface area contributed by atoms with Gasteiger partial charge in [0.15, 0.2) is 0 Å². The Kier molecular flexibility index (Phi) is 5.89. The van der Waals surface area contributed by atoms with Gasteiger partial charge in [0.05, 0.1) is 10.6 Å². The number of alkyl halides is 3. The van der Waals surface area contributed by atoms with E-state index < -0.39 is 11.7 Å². The molecule has 0 aliphatic heterocycles. The molecule has 134 valence electrons. The van der Waals surface area contributed by atoms with Gasteiger partial charge in [0.2, 0.25) is 0 Å². The molecule has 0 unspecified atom stereocenters. The van der Waals surface area contributed by atoms with Gasteiger partial charge in [-0.1, -0.05) is 11.6 Å². The van der Waals surface area contributed by atoms with E-state index in [1.807, 2.05) is 13.8 Å². The summed E-state index contributed by atoms with van der Waals surface area (Å²) in [5.41, 5.74) is -0.350. The van der Waals surface area contributed by atoms with Crippen LogP contribution < -0.4 is 5.32 Å². The highest BCUT2D eigenvalue weighted by molar-refractivity contribution is 6.31. The molecule has 0 saturated heterocycles. The molecule has 0 aliphatic carbocycles. The van der Waals surface area contributed by atoms with E-state index in [4.69, 9.17) is 11.6 Å². The SMILES string of the molecule is CCN(CC)C(=O)c1ccnc(Nc2ccc(Cl)c(C(F)(F)F)c2)c1. The molecule has 2 aromatic rings. The lowest BCUT2D eigenvalue weighted by Gasteiger charge is -2.19. The molecule has 8 heteroatoms. The summed E-state index contributed by atoms with van der Waals surface area (Å²) in [6, 6.07) is 6.55. The molecule has 0 bridgehead atoms. The molecule has 2 rings (SSSR count). The van der Waals surface area contributed by atoms with Crippen molar-refractivity contribution >= 4 is 29.0 Å². The van der Waals surface area contributed by atoms with Crippen LogP contribution in [-0.2, 0) is 6.18 Å². The highest BCUT2D eigenvalue weighted by atomic mass is 35.5.